The highest BCUT2D eigenvalue weighted by molar-refractivity contribution is 5.90. The summed E-state index contributed by atoms with van der Waals surface area (Å²) in [5.74, 6) is 0.511. The molecule has 0 saturated heterocycles. The summed E-state index contributed by atoms with van der Waals surface area (Å²) in [7, 11) is 0. The van der Waals surface area contributed by atoms with Crippen LogP contribution in [0, 0.1) is 19.7 Å². The molecule has 2 N–H and O–H groups in total. The molecule has 0 aliphatic heterocycles. The molecule has 0 atom stereocenters. The molecule has 0 bridgehead atoms. The van der Waals surface area contributed by atoms with Crippen molar-refractivity contribution < 1.29 is 13.9 Å². The zero-order valence-corrected chi connectivity index (χ0v) is 16.3. The summed E-state index contributed by atoms with van der Waals surface area (Å²) in [6.45, 7) is 4.25. The van der Waals surface area contributed by atoms with Gasteiger partial charge >= 0.3 is 6.03 Å². The van der Waals surface area contributed by atoms with Crippen molar-refractivity contribution >= 4 is 17.9 Å². The van der Waals surface area contributed by atoms with Crippen LogP contribution in [0.5, 0.6) is 5.75 Å². The first-order valence-electron chi connectivity index (χ1n) is 9.15. The molecule has 0 heterocycles. The Morgan fingerprint density at radius 2 is 1.69 bits per heavy atom. The zero-order valence-electron chi connectivity index (χ0n) is 16.3. The van der Waals surface area contributed by atoms with Crippen LogP contribution in [0.3, 0.4) is 0 Å². The molecule has 0 aliphatic carbocycles. The van der Waals surface area contributed by atoms with Crippen LogP contribution in [0.4, 0.5) is 14.9 Å². The number of hydrogen-bond donors (Lipinski definition) is 2. The van der Waals surface area contributed by atoms with E-state index in [1.807, 2.05) is 44.2 Å². The number of aryl methyl sites for hydroxylation is 2. The molecule has 6 heteroatoms. The van der Waals surface area contributed by atoms with Crippen molar-refractivity contribution in [2.75, 3.05) is 5.32 Å². The van der Waals surface area contributed by atoms with Gasteiger partial charge in [-0.15, -0.1) is 0 Å². The first-order chi connectivity index (χ1) is 14.0. The van der Waals surface area contributed by atoms with E-state index in [4.69, 9.17) is 4.74 Å². The first-order valence-corrected chi connectivity index (χ1v) is 9.15. The van der Waals surface area contributed by atoms with E-state index in [1.54, 1.807) is 30.5 Å². The minimum Gasteiger partial charge on any atom is -0.488 e. The molecule has 0 fully saturated rings. The van der Waals surface area contributed by atoms with Crippen LogP contribution in [0.2, 0.25) is 0 Å². The maximum absolute atomic E-state index is 13.0. The highest BCUT2D eigenvalue weighted by Gasteiger charge is 2.07. The lowest BCUT2D eigenvalue weighted by Crippen LogP contribution is -2.24. The minimum atomic E-state index is -0.417. The SMILES string of the molecule is Cc1cc(/C=N\NC(=O)Nc2ccccc2)cc(C)c1OCc1ccc(F)cc1. The Bertz CT molecular complexity index is 979. The van der Waals surface area contributed by atoms with Crippen LogP contribution in [0.25, 0.3) is 0 Å². The number of ether oxygens (including phenoxy) is 1. The fraction of sp³-hybridized carbons (Fsp3) is 0.130. The number of nitrogens with one attached hydrogen (secondary N) is 2. The van der Waals surface area contributed by atoms with Crippen molar-refractivity contribution in [2.24, 2.45) is 5.10 Å². The molecule has 0 aromatic heterocycles. The van der Waals surface area contributed by atoms with E-state index < -0.39 is 6.03 Å². The molecular formula is C23H22FN3O2. The highest BCUT2D eigenvalue weighted by Crippen LogP contribution is 2.25. The normalized spacial score (nSPS) is 10.7. The van der Waals surface area contributed by atoms with E-state index in [0.29, 0.717) is 12.3 Å². The fourth-order valence-corrected chi connectivity index (χ4v) is 2.87. The van der Waals surface area contributed by atoms with E-state index in [-0.39, 0.29) is 5.82 Å². The summed E-state index contributed by atoms with van der Waals surface area (Å²) < 4.78 is 18.9. The average Bonchev–Trinajstić information content (AvgIpc) is 2.69. The van der Waals surface area contributed by atoms with Crippen molar-refractivity contribution in [2.45, 2.75) is 20.5 Å². The molecule has 148 valence electrons. The Labute approximate surface area is 169 Å². The van der Waals surface area contributed by atoms with Gasteiger partial charge in [-0.1, -0.05) is 30.3 Å². The van der Waals surface area contributed by atoms with Crippen LogP contribution in [0.15, 0.2) is 71.8 Å². The van der Waals surface area contributed by atoms with Gasteiger partial charge in [-0.25, -0.2) is 14.6 Å². The van der Waals surface area contributed by atoms with E-state index >= 15 is 0 Å². The second kappa shape index (κ2) is 9.50. The topological polar surface area (TPSA) is 62.7 Å². The second-order valence-corrected chi connectivity index (χ2v) is 6.59. The standard InChI is InChI=1S/C23H22FN3O2/c1-16-12-19(14-25-27-23(28)26-21-6-4-3-5-7-21)13-17(2)22(16)29-15-18-8-10-20(24)11-9-18/h3-14H,15H2,1-2H3,(H2,26,27,28)/b25-14-. The number of amides is 2. The third kappa shape index (κ3) is 5.90. The molecule has 0 saturated carbocycles. The molecule has 2 amide bonds. The minimum absolute atomic E-state index is 0.268. The highest BCUT2D eigenvalue weighted by atomic mass is 19.1. The quantitative estimate of drug-likeness (QED) is 0.449. The van der Waals surface area contributed by atoms with Crippen molar-refractivity contribution in [1.82, 2.24) is 5.43 Å². The fourth-order valence-electron chi connectivity index (χ4n) is 2.87. The summed E-state index contributed by atoms with van der Waals surface area (Å²) in [5.41, 5.74) is 6.76. The number of halogens is 1. The maximum Gasteiger partial charge on any atom is 0.339 e. The summed E-state index contributed by atoms with van der Waals surface area (Å²) in [5, 5.41) is 6.68. The predicted molar refractivity (Wildman–Crippen MR) is 113 cm³/mol. The van der Waals surface area contributed by atoms with E-state index in [0.717, 1.165) is 28.0 Å². The Hall–Kier alpha value is -3.67. The van der Waals surface area contributed by atoms with Gasteiger partial charge in [0.15, 0.2) is 0 Å². The van der Waals surface area contributed by atoms with Crippen molar-refractivity contribution in [3.05, 3.63) is 94.8 Å². The van der Waals surface area contributed by atoms with E-state index in [9.17, 15) is 9.18 Å². The number of urea groups is 1. The zero-order chi connectivity index (χ0) is 20.6. The van der Waals surface area contributed by atoms with E-state index in [1.165, 1.54) is 12.1 Å². The number of benzene rings is 3. The largest absolute Gasteiger partial charge is 0.488 e. The van der Waals surface area contributed by atoms with Crippen molar-refractivity contribution in [3.63, 3.8) is 0 Å². The molecule has 0 unspecified atom stereocenters. The number of anilines is 1. The van der Waals surface area contributed by atoms with Crippen molar-refractivity contribution in [1.29, 1.82) is 0 Å². The van der Waals surface area contributed by atoms with Crippen LogP contribution in [0.1, 0.15) is 22.3 Å². The molecule has 0 spiro atoms. The summed E-state index contributed by atoms with van der Waals surface area (Å²) >= 11 is 0. The molecule has 3 rings (SSSR count). The molecule has 0 radical (unpaired) electrons. The molecule has 0 aliphatic rings. The smallest absolute Gasteiger partial charge is 0.339 e. The monoisotopic (exact) mass is 391 g/mol. The molecular weight excluding hydrogens is 369 g/mol. The summed E-state index contributed by atoms with van der Waals surface area (Å²) in [4.78, 5) is 11.9. The Morgan fingerprint density at radius 1 is 1.03 bits per heavy atom. The van der Waals surface area contributed by atoms with Gasteiger partial charge in [0, 0.05) is 5.69 Å². The average molecular weight is 391 g/mol. The Balaban J connectivity index is 1.58. The van der Waals surface area contributed by atoms with Gasteiger partial charge in [0.1, 0.15) is 18.2 Å². The predicted octanol–water partition coefficient (Wildman–Crippen LogP) is 5.18. The van der Waals surface area contributed by atoms with Gasteiger partial charge in [0.2, 0.25) is 0 Å². The lowest BCUT2D eigenvalue weighted by Gasteiger charge is -2.13. The van der Waals surface area contributed by atoms with Crippen molar-refractivity contribution in [3.8, 4) is 5.75 Å². The van der Waals surface area contributed by atoms with Gasteiger partial charge < -0.3 is 10.1 Å². The van der Waals surface area contributed by atoms with Crippen LogP contribution in [-0.2, 0) is 6.61 Å². The Kier molecular flexibility index (Phi) is 6.58. The molecule has 5 nitrogen and oxygen atoms in total. The lowest BCUT2D eigenvalue weighted by molar-refractivity contribution is 0.252. The number of hydrazone groups is 1. The molecule has 3 aromatic carbocycles. The maximum atomic E-state index is 13.0. The number of hydrogen-bond acceptors (Lipinski definition) is 3. The summed E-state index contributed by atoms with van der Waals surface area (Å²) in [6, 6.07) is 18.8. The van der Waals surface area contributed by atoms with Gasteiger partial charge in [-0.2, -0.15) is 5.10 Å². The number of carbonyl (C=O) groups excluding carboxylic acids is 1. The molecule has 29 heavy (non-hydrogen) atoms. The first kappa shape index (κ1) is 20.1. The van der Waals surface area contributed by atoms with Crippen LogP contribution >= 0.6 is 0 Å². The van der Waals surface area contributed by atoms with Gasteiger partial charge in [-0.3, -0.25) is 0 Å². The lowest BCUT2D eigenvalue weighted by atomic mass is 10.1. The van der Waals surface area contributed by atoms with Crippen LogP contribution in [-0.4, -0.2) is 12.2 Å². The number of para-hydroxylation sites is 1. The number of carbonyl (C=O) groups is 1. The number of nitrogens with zero attached hydrogens (tertiary/aromatic N) is 1. The third-order valence-corrected chi connectivity index (χ3v) is 4.19. The second-order valence-electron chi connectivity index (χ2n) is 6.59. The van der Waals surface area contributed by atoms with Gasteiger partial charge in [0.05, 0.1) is 6.21 Å². The van der Waals surface area contributed by atoms with Gasteiger partial charge in [-0.05, 0) is 72.5 Å². The Morgan fingerprint density at radius 3 is 2.34 bits per heavy atom. The van der Waals surface area contributed by atoms with Gasteiger partial charge in [0.25, 0.3) is 0 Å². The third-order valence-electron chi connectivity index (χ3n) is 4.19. The van der Waals surface area contributed by atoms with E-state index in [2.05, 4.69) is 15.8 Å². The summed E-state index contributed by atoms with van der Waals surface area (Å²) in [6.07, 6.45) is 1.58. The molecule has 3 aromatic rings. The number of rotatable bonds is 6. The van der Waals surface area contributed by atoms with Crippen LogP contribution < -0.4 is 15.5 Å².